The first-order valence-corrected chi connectivity index (χ1v) is 6.37. The summed E-state index contributed by atoms with van der Waals surface area (Å²) in [5, 5.41) is 6.75. The second-order valence-electron chi connectivity index (χ2n) is 4.00. The molecular formula is C11H18N2S. The van der Waals surface area contributed by atoms with Gasteiger partial charge in [0.2, 0.25) is 0 Å². The molecule has 2 rings (SSSR count). The normalized spacial score (nSPS) is 16.9. The zero-order valence-electron chi connectivity index (χ0n) is 8.75. The molecule has 1 saturated carbocycles. The molecule has 1 heterocycles. The summed E-state index contributed by atoms with van der Waals surface area (Å²) < 4.78 is 0. The summed E-state index contributed by atoms with van der Waals surface area (Å²) in [7, 11) is 2.00. The molecule has 0 amide bonds. The van der Waals surface area contributed by atoms with Crippen LogP contribution in [0.3, 0.4) is 0 Å². The number of thiazole rings is 1. The first-order chi connectivity index (χ1) is 6.90. The Balaban J connectivity index is 1.83. The smallest absolute Gasteiger partial charge is 0.0928 e. The van der Waals surface area contributed by atoms with Crippen LogP contribution in [0, 0.1) is 0 Å². The monoisotopic (exact) mass is 210 g/mol. The number of aromatic nitrogens is 1. The summed E-state index contributed by atoms with van der Waals surface area (Å²) in [4.78, 5) is 4.69. The lowest BCUT2D eigenvalue weighted by Crippen LogP contribution is -2.10. The fraction of sp³-hybridized carbons (Fsp3) is 0.727. The quantitative estimate of drug-likeness (QED) is 0.756. The highest BCUT2D eigenvalue weighted by Gasteiger charge is 2.21. The van der Waals surface area contributed by atoms with Gasteiger partial charge in [-0.05, 0) is 32.9 Å². The molecule has 1 aromatic rings. The molecule has 1 aromatic heterocycles. The molecule has 1 N–H and O–H groups in total. The predicted octanol–water partition coefficient (Wildman–Crippen LogP) is 2.56. The maximum Gasteiger partial charge on any atom is 0.0928 e. The van der Waals surface area contributed by atoms with Gasteiger partial charge in [-0.1, -0.05) is 6.42 Å². The topological polar surface area (TPSA) is 24.9 Å². The molecular weight excluding hydrogens is 192 g/mol. The van der Waals surface area contributed by atoms with E-state index in [1.165, 1.54) is 36.4 Å². The standard InChI is InChI=1S/C11H18N2S/c1-12-7-3-6-11-13-10(8-14-11)9-4-2-5-9/h8-9,12H,2-7H2,1H3. The number of hydrogen-bond donors (Lipinski definition) is 1. The summed E-state index contributed by atoms with van der Waals surface area (Å²) in [6.07, 6.45) is 6.46. The van der Waals surface area contributed by atoms with Crippen molar-refractivity contribution in [2.45, 2.75) is 38.0 Å². The van der Waals surface area contributed by atoms with E-state index in [1.807, 2.05) is 18.4 Å². The third-order valence-electron chi connectivity index (χ3n) is 2.91. The zero-order valence-corrected chi connectivity index (χ0v) is 9.57. The van der Waals surface area contributed by atoms with E-state index >= 15 is 0 Å². The number of nitrogens with zero attached hydrogens (tertiary/aromatic N) is 1. The molecule has 1 fully saturated rings. The van der Waals surface area contributed by atoms with Crippen molar-refractivity contribution in [2.24, 2.45) is 0 Å². The van der Waals surface area contributed by atoms with Crippen LogP contribution in [0.2, 0.25) is 0 Å². The maximum atomic E-state index is 4.69. The van der Waals surface area contributed by atoms with Gasteiger partial charge in [0.15, 0.2) is 0 Å². The van der Waals surface area contributed by atoms with Crippen LogP contribution in [0.1, 0.15) is 42.3 Å². The van der Waals surface area contributed by atoms with Gasteiger partial charge in [-0.2, -0.15) is 0 Å². The molecule has 1 aliphatic rings. The lowest BCUT2D eigenvalue weighted by molar-refractivity contribution is 0.412. The van der Waals surface area contributed by atoms with Crippen molar-refractivity contribution in [3.05, 3.63) is 16.1 Å². The van der Waals surface area contributed by atoms with E-state index in [2.05, 4.69) is 10.7 Å². The number of hydrogen-bond acceptors (Lipinski definition) is 3. The van der Waals surface area contributed by atoms with E-state index in [-0.39, 0.29) is 0 Å². The van der Waals surface area contributed by atoms with Crippen LogP contribution >= 0.6 is 11.3 Å². The molecule has 3 heteroatoms. The van der Waals surface area contributed by atoms with Gasteiger partial charge >= 0.3 is 0 Å². The lowest BCUT2D eigenvalue weighted by atomic mass is 9.83. The minimum atomic E-state index is 0.796. The molecule has 78 valence electrons. The van der Waals surface area contributed by atoms with Crippen molar-refractivity contribution in [3.63, 3.8) is 0 Å². The fourth-order valence-corrected chi connectivity index (χ4v) is 2.67. The zero-order chi connectivity index (χ0) is 9.80. The SMILES string of the molecule is CNCCCc1nc(C2CCC2)cs1. The largest absolute Gasteiger partial charge is 0.320 e. The van der Waals surface area contributed by atoms with Gasteiger partial charge in [-0.25, -0.2) is 4.98 Å². The molecule has 0 atom stereocenters. The predicted molar refractivity (Wildman–Crippen MR) is 61.0 cm³/mol. The van der Waals surface area contributed by atoms with E-state index < -0.39 is 0 Å². The van der Waals surface area contributed by atoms with Crippen LogP contribution < -0.4 is 5.32 Å². The summed E-state index contributed by atoms with van der Waals surface area (Å²) >= 11 is 1.84. The number of aryl methyl sites for hydroxylation is 1. The van der Waals surface area contributed by atoms with Crippen molar-refractivity contribution < 1.29 is 0 Å². The first-order valence-electron chi connectivity index (χ1n) is 5.49. The Labute approximate surface area is 89.8 Å². The average molecular weight is 210 g/mol. The Bertz CT molecular complexity index is 279. The summed E-state index contributed by atoms with van der Waals surface area (Å²) in [5.74, 6) is 0.796. The highest BCUT2D eigenvalue weighted by molar-refractivity contribution is 7.09. The van der Waals surface area contributed by atoms with Crippen LogP contribution in [0.5, 0.6) is 0 Å². The molecule has 2 nitrogen and oxygen atoms in total. The lowest BCUT2D eigenvalue weighted by Gasteiger charge is -2.22. The molecule has 0 saturated heterocycles. The molecule has 0 radical (unpaired) electrons. The Kier molecular flexibility index (Phi) is 3.54. The van der Waals surface area contributed by atoms with Crippen LogP contribution in [0.25, 0.3) is 0 Å². The van der Waals surface area contributed by atoms with E-state index in [0.717, 1.165) is 18.9 Å². The van der Waals surface area contributed by atoms with Gasteiger partial charge < -0.3 is 5.32 Å². The Morgan fingerprint density at radius 1 is 1.57 bits per heavy atom. The molecule has 0 aliphatic heterocycles. The van der Waals surface area contributed by atoms with Crippen molar-refractivity contribution in [1.29, 1.82) is 0 Å². The average Bonchev–Trinajstić information content (AvgIpc) is 2.51. The molecule has 1 aliphatic carbocycles. The summed E-state index contributed by atoms with van der Waals surface area (Å²) in [5.41, 5.74) is 1.36. The van der Waals surface area contributed by atoms with Gasteiger partial charge in [-0.15, -0.1) is 11.3 Å². The Morgan fingerprint density at radius 3 is 3.07 bits per heavy atom. The van der Waals surface area contributed by atoms with Crippen LogP contribution in [0.15, 0.2) is 5.38 Å². The van der Waals surface area contributed by atoms with Crippen molar-refractivity contribution in [2.75, 3.05) is 13.6 Å². The fourth-order valence-electron chi connectivity index (χ4n) is 1.75. The van der Waals surface area contributed by atoms with Gasteiger partial charge in [0, 0.05) is 17.7 Å². The van der Waals surface area contributed by atoms with E-state index in [9.17, 15) is 0 Å². The van der Waals surface area contributed by atoms with Crippen molar-refractivity contribution in [3.8, 4) is 0 Å². The number of nitrogens with one attached hydrogen (secondary N) is 1. The first kappa shape index (κ1) is 10.1. The molecule has 0 bridgehead atoms. The minimum absolute atomic E-state index is 0.796. The van der Waals surface area contributed by atoms with E-state index in [0.29, 0.717) is 0 Å². The van der Waals surface area contributed by atoms with Crippen LogP contribution in [-0.4, -0.2) is 18.6 Å². The van der Waals surface area contributed by atoms with Gasteiger partial charge in [0.1, 0.15) is 0 Å². The summed E-state index contributed by atoms with van der Waals surface area (Å²) in [6.45, 7) is 1.10. The Morgan fingerprint density at radius 2 is 2.43 bits per heavy atom. The van der Waals surface area contributed by atoms with Crippen LogP contribution in [-0.2, 0) is 6.42 Å². The molecule has 14 heavy (non-hydrogen) atoms. The van der Waals surface area contributed by atoms with Crippen LogP contribution in [0.4, 0.5) is 0 Å². The van der Waals surface area contributed by atoms with E-state index in [4.69, 9.17) is 4.98 Å². The third kappa shape index (κ3) is 2.34. The third-order valence-corrected chi connectivity index (χ3v) is 3.84. The number of rotatable bonds is 5. The highest BCUT2D eigenvalue weighted by atomic mass is 32.1. The minimum Gasteiger partial charge on any atom is -0.320 e. The second kappa shape index (κ2) is 4.89. The Hall–Kier alpha value is -0.410. The van der Waals surface area contributed by atoms with E-state index in [1.54, 1.807) is 0 Å². The summed E-state index contributed by atoms with van der Waals surface area (Å²) in [6, 6.07) is 0. The molecule has 0 unspecified atom stereocenters. The molecule has 0 spiro atoms. The molecule has 0 aromatic carbocycles. The van der Waals surface area contributed by atoms with Gasteiger partial charge in [0.25, 0.3) is 0 Å². The van der Waals surface area contributed by atoms with Crippen molar-refractivity contribution >= 4 is 11.3 Å². The highest BCUT2D eigenvalue weighted by Crippen LogP contribution is 2.36. The maximum absolute atomic E-state index is 4.69. The van der Waals surface area contributed by atoms with Gasteiger partial charge in [-0.3, -0.25) is 0 Å². The van der Waals surface area contributed by atoms with Gasteiger partial charge in [0.05, 0.1) is 10.7 Å². The second-order valence-corrected chi connectivity index (χ2v) is 4.94. The van der Waals surface area contributed by atoms with Crippen molar-refractivity contribution in [1.82, 2.24) is 10.3 Å².